The van der Waals surface area contributed by atoms with Crippen molar-refractivity contribution in [3.05, 3.63) is 145 Å². The molecular formula is C46H32N2O2. The van der Waals surface area contributed by atoms with Gasteiger partial charge in [-0.15, -0.1) is 0 Å². The van der Waals surface area contributed by atoms with E-state index in [9.17, 15) is 0 Å². The zero-order chi connectivity index (χ0) is 32.8. The number of hydrogen-bond acceptors (Lipinski definition) is 4. The van der Waals surface area contributed by atoms with Gasteiger partial charge in [-0.2, -0.15) is 0 Å². The van der Waals surface area contributed by atoms with Crippen LogP contribution in [0.4, 0.5) is 0 Å². The van der Waals surface area contributed by atoms with Gasteiger partial charge in [-0.1, -0.05) is 110 Å². The van der Waals surface area contributed by atoms with Gasteiger partial charge >= 0.3 is 0 Å². The predicted octanol–water partition coefficient (Wildman–Crippen LogP) is 12.5. The van der Waals surface area contributed by atoms with Gasteiger partial charge in [-0.3, -0.25) is 0 Å². The van der Waals surface area contributed by atoms with Crippen LogP contribution in [0.1, 0.15) is 43.2 Å². The fourth-order valence-corrected chi connectivity index (χ4v) is 9.07. The molecule has 4 heteroatoms. The second-order valence-electron chi connectivity index (χ2n) is 14.0. The topological polar surface area (TPSA) is 52.1 Å². The Labute approximate surface area is 289 Å². The highest BCUT2D eigenvalue weighted by atomic mass is 16.3. The van der Waals surface area contributed by atoms with Gasteiger partial charge in [0, 0.05) is 32.7 Å². The molecule has 0 bridgehead atoms. The molecule has 0 radical (unpaired) electrons. The van der Waals surface area contributed by atoms with Crippen molar-refractivity contribution >= 4 is 44.0 Å². The summed E-state index contributed by atoms with van der Waals surface area (Å²) in [7, 11) is 0. The summed E-state index contributed by atoms with van der Waals surface area (Å²) >= 11 is 0. The minimum Gasteiger partial charge on any atom is -0.456 e. The van der Waals surface area contributed by atoms with Gasteiger partial charge in [-0.25, -0.2) is 9.97 Å². The summed E-state index contributed by atoms with van der Waals surface area (Å²) in [6.45, 7) is 0. The number of furan rings is 2. The molecular weight excluding hydrogens is 613 g/mol. The van der Waals surface area contributed by atoms with E-state index in [2.05, 4.69) is 97.1 Å². The zero-order valence-electron chi connectivity index (χ0n) is 27.4. The number of para-hydroxylation sites is 1. The van der Waals surface area contributed by atoms with Gasteiger partial charge in [0.15, 0.2) is 11.4 Å². The summed E-state index contributed by atoms with van der Waals surface area (Å²) in [6, 6.07) is 47.3. The van der Waals surface area contributed by atoms with Gasteiger partial charge in [-0.05, 0) is 88.7 Å². The lowest BCUT2D eigenvalue weighted by Crippen LogP contribution is -2.28. The molecule has 2 aliphatic carbocycles. The number of hydrogen-bond donors (Lipinski definition) is 0. The average Bonchev–Trinajstić information content (AvgIpc) is 3.83. The van der Waals surface area contributed by atoms with Crippen LogP contribution in [0.3, 0.4) is 0 Å². The summed E-state index contributed by atoms with van der Waals surface area (Å²) < 4.78 is 13.0. The second kappa shape index (κ2) is 10.5. The summed E-state index contributed by atoms with van der Waals surface area (Å²) in [5.74, 6) is 0.676. The van der Waals surface area contributed by atoms with Crippen molar-refractivity contribution in [2.75, 3.05) is 0 Å². The first kappa shape index (κ1) is 27.9. The van der Waals surface area contributed by atoms with Crippen LogP contribution >= 0.6 is 0 Å². The molecule has 9 aromatic rings. The number of aromatic nitrogens is 2. The van der Waals surface area contributed by atoms with Crippen LogP contribution < -0.4 is 0 Å². The van der Waals surface area contributed by atoms with Crippen LogP contribution in [-0.4, -0.2) is 9.97 Å². The fourth-order valence-electron chi connectivity index (χ4n) is 9.07. The van der Waals surface area contributed by atoms with E-state index in [0.717, 1.165) is 55.2 Å². The van der Waals surface area contributed by atoms with Crippen molar-refractivity contribution in [2.24, 2.45) is 0 Å². The predicted molar refractivity (Wildman–Crippen MR) is 202 cm³/mol. The van der Waals surface area contributed by atoms with Crippen molar-refractivity contribution in [2.45, 2.75) is 37.5 Å². The molecule has 1 spiro atoms. The minimum absolute atomic E-state index is 0.0800. The molecule has 6 aromatic carbocycles. The summed E-state index contributed by atoms with van der Waals surface area (Å²) in [4.78, 5) is 10.1. The summed E-state index contributed by atoms with van der Waals surface area (Å²) in [5, 5.41) is 3.13. The SMILES string of the molecule is c1ccc(-c2nc(-c3ccc4oc5cc(-c6cccc7c6C6(CCCCC6)c6ccccc6-7)ccc5c4c3)c3oc4ccccc4c3n2)cc1. The quantitative estimate of drug-likeness (QED) is 0.192. The van der Waals surface area contributed by atoms with Crippen LogP contribution in [0, 0.1) is 0 Å². The molecule has 50 heavy (non-hydrogen) atoms. The van der Waals surface area contributed by atoms with Gasteiger partial charge in [0.2, 0.25) is 0 Å². The molecule has 4 nitrogen and oxygen atoms in total. The molecule has 0 saturated heterocycles. The Kier molecular flexibility index (Phi) is 5.86. The third-order valence-electron chi connectivity index (χ3n) is 11.3. The Bertz CT molecular complexity index is 2800. The molecule has 1 fully saturated rings. The molecule has 1 saturated carbocycles. The molecule has 238 valence electrons. The fraction of sp³-hybridized carbons (Fsp3) is 0.130. The van der Waals surface area contributed by atoms with E-state index in [1.807, 2.05) is 36.4 Å². The van der Waals surface area contributed by atoms with Gasteiger partial charge < -0.3 is 8.83 Å². The first-order chi connectivity index (χ1) is 24.7. The second-order valence-corrected chi connectivity index (χ2v) is 14.0. The molecule has 3 aromatic heterocycles. The van der Waals surface area contributed by atoms with E-state index in [1.165, 1.54) is 65.5 Å². The third kappa shape index (κ3) is 3.93. The molecule has 11 rings (SSSR count). The Morgan fingerprint density at radius 2 is 1.24 bits per heavy atom. The highest BCUT2D eigenvalue weighted by Gasteiger charge is 2.45. The molecule has 0 amide bonds. The smallest absolute Gasteiger partial charge is 0.180 e. The minimum atomic E-state index is 0.0800. The summed E-state index contributed by atoms with van der Waals surface area (Å²) in [5.41, 5.74) is 15.2. The highest BCUT2D eigenvalue weighted by Crippen LogP contribution is 2.58. The van der Waals surface area contributed by atoms with Crippen LogP contribution in [0.2, 0.25) is 0 Å². The number of nitrogens with zero attached hydrogens (tertiary/aromatic N) is 2. The van der Waals surface area contributed by atoms with Crippen molar-refractivity contribution in [3.63, 3.8) is 0 Å². The van der Waals surface area contributed by atoms with Crippen molar-refractivity contribution in [1.29, 1.82) is 0 Å². The Morgan fingerprint density at radius 1 is 0.480 bits per heavy atom. The molecule has 0 atom stereocenters. The van der Waals surface area contributed by atoms with Gasteiger partial charge in [0.05, 0.1) is 0 Å². The van der Waals surface area contributed by atoms with Crippen LogP contribution in [-0.2, 0) is 5.41 Å². The number of rotatable bonds is 3. The highest BCUT2D eigenvalue weighted by molar-refractivity contribution is 6.10. The maximum absolute atomic E-state index is 6.60. The maximum Gasteiger partial charge on any atom is 0.180 e. The molecule has 2 aliphatic rings. The lowest BCUT2D eigenvalue weighted by molar-refractivity contribution is 0.353. The van der Waals surface area contributed by atoms with Crippen LogP contribution in [0.25, 0.3) is 88.9 Å². The molecule has 3 heterocycles. The Morgan fingerprint density at radius 3 is 2.16 bits per heavy atom. The maximum atomic E-state index is 6.60. The number of fused-ring (bicyclic) bond motifs is 11. The van der Waals surface area contributed by atoms with Crippen LogP contribution in [0.5, 0.6) is 0 Å². The largest absolute Gasteiger partial charge is 0.456 e. The molecule has 0 unspecified atom stereocenters. The van der Waals surface area contributed by atoms with Crippen molar-refractivity contribution in [3.8, 4) is 44.9 Å². The first-order valence-corrected chi connectivity index (χ1v) is 17.7. The number of benzene rings is 6. The van der Waals surface area contributed by atoms with Crippen molar-refractivity contribution < 1.29 is 8.83 Å². The van der Waals surface area contributed by atoms with E-state index >= 15 is 0 Å². The van der Waals surface area contributed by atoms with Gasteiger partial charge in [0.1, 0.15) is 28.0 Å². The van der Waals surface area contributed by atoms with E-state index in [-0.39, 0.29) is 5.41 Å². The summed E-state index contributed by atoms with van der Waals surface area (Å²) in [6.07, 6.45) is 6.27. The molecule has 0 aliphatic heterocycles. The molecule has 0 N–H and O–H groups in total. The van der Waals surface area contributed by atoms with Gasteiger partial charge in [0.25, 0.3) is 0 Å². The third-order valence-corrected chi connectivity index (χ3v) is 11.3. The lowest BCUT2D eigenvalue weighted by atomic mass is 9.66. The first-order valence-electron chi connectivity index (χ1n) is 17.7. The van der Waals surface area contributed by atoms with Crippen molar-refractivity contribution in [1.82, 2.24) is 9.97 Å². The van der Waals surface area contributed by atoms with Crippen LogP contribution in [0.15, 0.2) is 142 Å². The lowest BCUT2D eigenvalue weighted by Gasteiger charge is -2.37. The standard InChI is InChI=1S/C46H32N2O2/c1-3-12-28(13-4-1)45-47-42(44-43(48-45)35-15-6-8-19-38(35)50-44)30-21-23-39-36(26-30)33-22-20-29(27-40(33)49-39)31-16-11-17-34-32-14-5-7-18-37(32)46(41(31)34)24-9-2-10-25-46/h1,3-8,11-23,26-27H,2,9-10,24-25H2. The van der Waals surface area contributed by atoms with E-state index in [4.69, 9.17) is 18.8 Å². The Hall–Kier alpha value is -6.00. The monoisotopic (exact) mass is 644 g/mol. The Balaban J connectivity index is 1.08. The normalized spacial score (nSPS) is 15.0. The van der Waals surface area contributed by atoms with E-state index < -0.39 is 0 Å². The zero-order valence-corrected chi connectivity index (χ0v) is 27.4. The average molecular weight is 645 g/mol. The van der Waals surface area contributed by atoms with E-state index in [1.54, 1.807) is 0 Å². The van der Waals surface area contributed by atoms with E-state index in [0.29, 0.717) is 11.4 Å².